The SMILES string of the molecule is Cc1noc(C(C)OC(=O)c2nn(-c3ccccc3)c3c2CCCCC3)n1. The summed E-state index contributed by atoms with van der Waals surface area (Å²) < 4.78 is 12.6. The smallest absolute Gasteiger partial charge is 0.359 e. The Morgan fingerprint density at radius 3 is 2.70 bits per heavy atom. The average Bonchev–Trinajstić information content (AvgIpc) is 3.19. The average molecular weight is 366 g/mol. The standard InChI is InChI=1S/C20H22N4O3/c1-13(19-21-14(2)23-27-19)26-20(25)18-16-11-7-4-8-12-17(16)24(22-18)15-9-5-3-6-10-15/h3,5-6,9-10,13H,4,7-8,11-12H2,1-2H3. The summed E-state index contributed by atoms with van der Waals surface area (Å²) in [7, 11) is 0. The molecule has 0 saturated heterocycles. The zero-order valence-electron chi connectivity index (χ0n) is 15.5. The van der Waals surface area contributed by atoms with Crippen LogP contribution in [0.15, 0.2) is 34.9 Å². The lowest BCUT2D eigenvalue weighted by molar-refractivity contribution is 0.0257. The summed E-state index contributed by atoms with van der Waals surface area (Å²) in [6.07, 6.45) is 4.41. The number of fused-ring (bicyclic) bond motifs is 1. The van der Waals surface area contributed by atoms with Crippen molar-refractivity contribution in [1.82, 2.24) is 19.9 Å². The van der Waals surface area contributed by atoms with Gasteiger partial charge in [-0.25, -0.2) is 9.48 Å². The van der Waals surface area contributed by atoms with Crippen molar-refractivity contribution in [3.05, 3.63) is 59.0 Å². The van der Waals surface area contributed by atoms with E-state index in [-0.39, 0.29) is 5.89 Å². The molecular weight excluding hydrogens is 344 g/mol. The zero-order valence-corrected chi connectivity index (χ0v) is 15.5. The number of ether oxygens (including phenoxy) is 1. The number of rotatable bonds is 4. The minimum atomic E-state index is -0.623. The minimum Gasteiger partial charge on any atom is -0.448 e. The first-order valence-corrected chi connectivity index (χ1v) is 9.31. The maximum atomic E-state index is 12.9. The van der Waals surface area contributed by atoms with Gasteiger partial charge >= 0.3 is 5.97 Å². The van der Waals surface area contributed by atoms with Gasteiger partial charge in [0.15, 0.2) is 17.6 Å². The van der Waals surface area contributed by atoms with Crippen LogP contribution in [-0.2, 0) is 17.6 Å². The lowest BCUT2D eigenvalue weighted by atomic mass is 10.1. The third kappa shape index (κ3) is 3.49. The van der Waals surface area contributed by atoms with Gasteiger partial charge in [0.25, 0.3) is 5.89 Å². The largest absolute Gasteiger partial charge is 0.448 e. The molecule has 3 aromatic rings. The fraction of sp³-hybridized carbons (Fsp3) is 0.400. The number of benzene rings is 1. The molecular formula is C20H22N4O3. The molecule has 1 aromatic carbocycles. The summed E-state index contributed by atoms with van der Waals surface area (Å²) in [6.45, 7) is 3.45. The molecule has 0 saturated carbocycles. The highest BCUT2D eigenvalue weighted by Gasteiger charge is 2.28. The topological polar surface area (TPSA) is 83.0 Å². The van der Waals surface area contributed by atoms with Gasteiger partial charge in [0.1, 0.15) is 0 Å². The van der Waals surface area contributed by atoms with Crippen LogP contribution in [0.5, 0.6) is 0 Å². The van der Waals surface area contributed by atoms with Crippen LogP contribution in [-0.4, -0.2) is 25.9 Å². The summed E-state index contributed by atoms with van der Waals surface area (Å²) in [5, 5.41) is 8.38. The van der Waals surface area contributed by atoms with Crippen LogP contribution in [0.3, 0.4) is 0 Å². The number of para-hydroxylation sites is 1. The Balaban J connectivity index is 1.67. The Labute approximate surface area is 157 Å². The van der Waals surface area contributed by atoms with Crippen molar-refractivity contribution < 1.29 is 14.1 Å². The van der Waals surface area contributed by atoms with E-state index in [0.717, 1.165) is 49.0 Å². The molecule has 2 aromatic heterocycles. The molecule has 4 rings (SSSR count). The Kier molecular flexibility index (Phi) is 4.75. The number of esters is 1. The molecule has 0 radical (unpaired) electrons. The van der Waals surface area contributed by atoms with E-state index >= 15 is 0 Å². The summed E-state index contributed by atoms with van der Waals surface area (Å²) in [5.41, 5.74) is 3.44. The molecule has 0 amide bonds. The molecule has 7 heteroatoms. The Bertz CT molecular complexity index is 946. The lowest BCUT2D eigenvalue weighted by Crippen LogP contribution is -2.12. The first kappa shape index (κ1) is 17.5. The first-order valence-electron chi connectivity index (χ1n) is 9.31. The van der Waals surface area contributed by atoms with Crippen LogP contribution in [0, 0.1) is 6.92 Å². The van der Waals surface area contributed by atoms with Gasteiger partial charge in [0.05, 0.1) is 5.69 Å². The highest BCUT2D eigenvalue weighted by Crippen LogP contribution is 2.28. The number of nitrogens with zero attached hydrogens (tertiary/aromatic N) is 4. The van der Waals surface area contributed by atoms with Gasteiger partial charge in [-0.15, -0.1) is 0 Å². The molecule has 0 fully saturated rings. The summed E-state index contributed by atoms with van der Waals surface area (Å²) in [4.78, 5) is 17.0. The van der Waals surface area contributed by atoms with Crippen molar-refractivity contribution in [2.45, 2.75) is 52.1 Å². The van der Waals surface area contributed by atoms with Crippen LogP contribution >= 0.6 is 0 Å². The van der Waals surface area contributed by atoms with Crippen LogP contribution in [0.25, 0.3) is 5.69 Å². The van der Waals surface area contributed by atoms with Crippen molar-refractivity contribution in [2.24, 2.45) is 0 Å². The van der Waals surface area contributed by atoms with Crippen LogP contribution in [0.1, 0.15) is 65.8 Å². The van der Waals surface area contributed by atoms with E-state index < -0.39 is 12.1 Å². The van der Waals surface area contributed by atoms with Gasteiger partial charge in [0, 0.05) is 11.3 Å². The molecule has 7 nitrogen and oxygen atoms in total. The van der Waals surface area contributed by atoms with Crippen molar-refractivity contribution >= 4 is 5.97 Å². The van der Waals surface area contributed by atoms with E-state index in [9.17, 15) is 4.79 Å². The second kappa shape index (κ2) is 7.34. The highest BCUT2D eigenvalue weighted by atomic mass is 16.6. The van der Waals surface area contributed by atoms with Gasteiger partial charge in [-0.3, -0.25) is 0 Å². The zero-order chi connectivity index (χ0) is 18.8. The predicted molar refractivity (Wildman–Crippen MR) is 97.7 cm³/mol. The number of aryl methyl sites for hydroxylation is 1. The minimum absolute atomic E-state index is 0.287. The second-order valence-corrected chi connectivity index (χ2v) is 6.81. The number of carbonyl (C=O) groups excluding carboxylic acids is 1. The van der Waals surface area contributed by atoms with Crippen molar-refractivity contribution in [3.8, 4) is 5.69 Å². The predicted octanol–water partition coefficient (Wildman–Crippen LogP) is 3.75. The van der Waals surface area contributed by atoms with Crippen LogP contribution in [0.4, 0.5) is 0 Å². The Hall–Kier alpha value is -2.96. The van der Waals surface area contributed by atoms with Crippen molar-refractivity contribution in [1.29, 1.82) is 0 Å². The molecule has 1 unspecified atom stereocenters. The number of hydrogen-bond acceptors (Lipinski definition) is 6. The molecule has 0 aliphatic heterocycles. The molecule has 27 heavy (non-hydrogen) atoms. The molecule has 140 valence electrons. The van der Waals surface area contributed by atoms with Gasteiger partial charge < -0.3 is 9.26 Å². The normalized spacial score (nSPS) is 15.0. The third-order valence-corrected chi connectivity index (χ3v) is 4.80. The van der Waals surface area contributed by atoms with E-state index in [0.29, 0.717) is 11.5 Å². The summed E-state index contributed by atoms with van der Waals surface area (Å²) in [6, 6.07) is 9.90. The highest BCUT2D eigenvalue weighted by molar-refractivity contribution is 5.89. The lowest BCUT2D eigenvalue weighted by Gasteiger charge is -2.08. The summed E-state index contributed by atoms with van der Waals surface area (Å²) in [5.74, 6) is 0.343. The fourth-order valence-corrected chi connectivity index (χ4v) is 3.47. The van der Waals surface area contributed by atoms with E-state index in [1.54, 1.807) is 13.8 Å². The maximum Gasteiger partial charge on any atom is 0.359 e. The first-order chi connectivity index (χ1) is 13.1. The second-order valence-electron chi connectivity index (χ2n) is 6.81. The molecule has 0 bridgehead atoms. The van der Waals surface area contributed by atoms with Gasteiger partial charge in [0.2, 0.25) is 0 Å². The van der Waals surface area contributed by atoms with Crippen molar-refractivity contribution in [2.75, 3.05) is 0 Å². The monoisotopic (exact) mass is 366 g/mol. The number of hydrogen-bond donors (Lipinski definition) is 0. The van der Waals surface area contributed by atoms with Crippen molar-refractivity contribution in [3.63, 3.8) is 0 Å². The van der Waals surface area contributed by atoms with Gasteiger partial charge in [-0.2, -0.15) is 10.1 Å². The molecule has 1 aliphatic carbocycles. The third-order valence-electron chi connectivity index (χ3n) is 4.80. The molecule has 2 heterocycles. The quantitative estimate of drug-likeness (QED) is 0.516. The Morgan fingerprint density at radius 2 is 1.96 bits per heavy atom. The van der Waals surface area contributed by atoms with Gasteiger partial charge in [-0.05, 0) is 51.7 Å². The molecule has 1 aliphatic rings. The molecule has 0 N–H and O–H groups in total. The van der Waals surface area contributed by atoms with E-state index in [1.165, 1.54) is 0 Å². The molecule has 0 spiro atoms. The Morgan fingerprint density at radius 1 is 1.19 bits per heavy atom. The van der Waals surface area contributed by atoms with E-state index in [2.05, 4.69) is 15.2 Å². The van der Waals surface area contributed by atoms with Crippen LogP contribution < -0.4 is 0 Å². The van der Waals surface area contributed by atoms with Crippen LogP contribution in [0.2, 0.25) is 0 Å². The van der Waals surface area contributed by atoms with E-state index in [1.807, 2.05) is 35.0 Å². The molecule has 1 atom stereocenters. The summed E-state index contributed by atoms with van der Waals surface area (Å²) >= 11 is 0. The fourth-order valence-electron chi connectivity index (χ4n) is 3.47. The van der Waals surface area contributed by atoms with E-state index in [4.69, 9.17) is 9.26 Å². The van der Waals surface area contributed by atoms with Gasteiger partial charge in [-0.1, -0.05) is 29.8 Å². The maximum absolute atomic E-state index is 12.9. The number of carbonyl (C=O) groups is 1. The number of aromatic nitrogens is 4.